The van der Waals surface area contributed by atoms with Crippen LogP contribution in [0.25, 0.3) is 0 Å². The van der Waals surface area contributed by atoms with E-state index in [1.165, 1.54) is 49.5 Å². The number of ether oxygens (including phenoxy) is 1. The molecule has 6 fully saturated rings. The topological polar surface area (TPSA) is 49.8 Å². The average Bonchev–Trinajstić information content (AvgIpc) is 3.51. The first-order valence-corrected chi connectivity index (χ1v) is 12.5. The number of aliphatic carboxylic acids is 1. The lowest BCUT2D eigenvalue weighted by Gasteiger charge is -2.56. The first-order valence-electron chi connectivity index (χ1n) is 12.5. The van der Waals surface area contributed by atoms with Crippen molar-refractivity contribution in [2.45, 2.75) is 82.2 Å². The second-order valence-corrected chi connectivity index (χ2v) is 11.8. The Bertz CT molecular complexity index is 925. The number of benzene rings is 1. The van der Waals surface area contributed by atoms with Gasteiger partial charge in [-0.15, -0.1) is 0 Å². The van der Waals surface area contributed by atoms with E-state index in [1.54, 1.807) is 6.07 Å². The quantitative estimate of drug-likeness (QED) is 0.573. The van der Waals surface area contributed by atoms with Crippen molar-refractivity contribution in [2.24, 2.45) is 23.2 Å². The zero-order valence-corrected chi connectivity index (χ0v) is 18.9. The number of nitrogens with zero attached hydrogens (tertiary/aromatic N) is 1. The molecule has 7 rings (SSSR count). The standard InChI is InChI=1S/C26H32F3NO3/c27-21-7-23(33-14-25-8-15-3-16(9-25)5-17(4-15)10-25)20(18-1-2-18)6-19(21)12-30-13-26(28,29)11-22(30)24(31)32/h6-7,15-18,22H,1-5,8-14H2,(H,31,32)/t15?,16?,17?,22-,25?/m0/s1. The van der Waals surface area contributed by atoms with Crippen LogP contribution < -0.4 is 4.74 Å². The second-order valence-electron chi connectivity index (χ2n) is 11.8. The minimum absolute atomic E-state index is 0.132. The maximum atomic E-state index is 15.1. The summed E-state index contributed by atoms with van der Waals surface area (Å²) in [5, 5.41) is 9.36. The van der Waals surface area contributed by atoms with Crippen molar-refractivity contribution in [3.05, 3.63) is 29.1 Å². The van der Waals surface area contributed by atoms with Gasteiger partial charge in [-0.3, -0.25) is 9.69 Å². The number of alkyl halides is 2. The molecule has 1 aromatic rings. The minimum Gasteiger partial charge on any atom is -0.493 e. The summed E-state index contributed by atoms with van der Waals surface area (Å²) in [5.74, 6) is -1.49. The molecule has 0 radical (unpaired) electrons. The third-order valence-electron chi connectivity index (χ3n) is 8.92. The molecule has 7 heteroatoms. The van der Waals surface area contributed by atoms with Crippen molar-refractivity contribution in [2.75, 3.05) is 13.2 Å². The van der Waals surface area contributed by atoms with Gasteiger partial charge in [0.15, 0.2) is 0 Å². The number of hydrogen-bond acceptors (Lipinski definition) is 3. The summed E-state index contributed by atoms with van der Waals surface area (Å²) in [5.41, 5.74) is 1.46. The average molecular weight is 464 g/mol. The Balaban J connectivity index is 1.21. The molecule has 180 valence electrons. The van der Waals surface area contributed by atoms with Crippen LogP contribution >= 0.6 is 0 Å². The van der Waals surface area contributed by atoms with E-state index >= 15 is 4.39 Å². The zero-order valence-electron chi connectivity index (χ0n) is 18.9. The van der Waals surface area contributed by atoms with E-state index < -0.39 is 36.7 Å². The molecule has 1 saturated heterocycles. The van der Waals surface area contributed by atoms with Crippen molar-refractivity contribution < 1.29 is 27.8 Å². The minimum atomic E-state index is -3.07. The molecule has 4 nitrogen and oxygen atoms in total. The second kappa shape index (κ2) is 7.62. The monoisotopic (exact) mass is 463 g/mol. The molecule has 5 aliphatic carbocycles. The predicted molar refractivity (Wildman–Crippen MR) is 116 cm³/mol. The highest BCUT2D eigenvalue weighted by Gasteiger charge is 2.51. The van der Waals surface area contributed by atoms with E-state index in [1.807, 2.05) is 0 Å². The Morgan fingerprint density at radius 3 is 2.27 bits per heavy atom. The molecule has 1 aromatic carbocycles. The predicted octanol–water partition coefficient (Wildman–Crippen LogP) is 5.59. The molecule has 0 spiro atoms. The molecule has 1 N–H and O–H groups in total. The van der Waals surface area contributed by atoms with Crippen LogP contribution in [0.2, 0.25) is 0 Å². The zero-order chi connectivity index (χ0) is 23.0. The van der Waals surface area contributed by atoms with Gasteiger partial charge in [0.05, 0.1) is 13.2 Å². The highest BCUT2D eigenvalue weighted by molar-refractivity contribution is 5.74. The van der Waals surface area contributed by atoms with Crippen LogP contribution in [0, 0.1) is 29.0 Å². The highest BCUT2D eigenvalue weighted by atomic mass is 19.3. The van der Waals surface area contributed by atoms with Crippen molar-refractivity contribution in [1.29, 1.82) is 0 Å². The SMILES string of the molecule is O=C(O)[C@@H]1CC(F)(F)CN1Cc1cc(C2CC2)c(OCC23CC4CC(CC(C4)C2)C3)cc1F. The molecule has 5 saturated carbocycles. The lowest BCUT2D eigenvalue weighted by molar-refractivity contribution is -0.142. The number of carbonyl (C=O) groups is 1. The molecule has 4 bridgehead atoms. The van der Waals surface area contributed by atoms with E-state index in [2.05, 4.69) is 0 Å². The van der Waals surface area contributed by atoms with Gasteiger partial charge in [-0.25, -0.2) is 13.2 Å². The smallest absolute Gasteiger partial charge is 0.321 e. The highest BCUT2D eigenvalue weighted by Crippen LogP contribution is 2.60. The summed E-state index contributed by atoms with van der Waals surface area (Å²) in [6, 6.07) is 1.88. The van der Waals surface area contributed by atoms with E-state index in [0.717, 1.165) is 36.2 Å². The molecule has 0 aromatic heterocycles. The maximum absolute atomic E-state index is 15.1. The number of carboxylic acids is 1. The number of halogens is 3. The fraction of sp³-hybridized carbons (Fsp3) is 0.731. The van der Waals surface area contributed by atoms with E-state index in [0.29, 0.717) is 18.3 Å². The maximum Gasteiger partial charge on any atom is 0.321 e. The molecule has 0 amide bonds. The Morgan fingerprint density at radius 2 is 1.70 bits per heavy atom. The lowest BCUT2D eigenvalue weighted by atomic mass is 9.50. The van der Waals surface area contributed by atoms with Crippen LogP contribution in [0.4, 0.5) is 13.2 Å². The molecular formula is C26H32F3NO3. The molecule has 6 aliphatic rings. The van der Waals surface area contributed by atoms with Crippen LogP contribution in [0.1, 0.15) is 74.8 Å². The van der Waals surface area contributed by atoms with Gasteiger partial charge in [0.25, 0.3) is 5.92 Å². The Hall–Kier alpha value is -1.76. The molecule has 1 heterocycles. The van der Waals surface area contributed by atoms with E-state index in [-0.39, 0.29) is 17.5 Å². The van der Waals surface area contributed by atoms with Gasteiger partial charge < -0.3 is 9.84 Å². The normalized spacial score (nSPS) is 36.9. The summed E-state index contributed by atoms with van der Waals surface area (Å²) in [4.78, 5) is 12.7. The van der Waals surface area contributed by atoms with Gasteiger partial charge in [0, 0.05) is 30.0 Å². The summed E-state index contributed by atoms with van der Waals surface area (Å²) in [6.07, 6.45) is 9.05. The first kappa shape index (κ1) is 21.8. The van der Waals surface area contributed by atoms with E-state index in [4.69, 9.17) is 4.74 Å². The summed E-state index contributed by atoms with van der Waals surface area (Å²) in [6.45, 7) is -0.158. The molecular weight excluding hydrogens is 431 g/mol. The lowest BCUT2D eigenvalue weighted by Crippen LogP contribution is -2.48. The van der Waals surface area contributed by atoms with Crippen LogP contribution in [0.3, 0.4) is 0 Å². The van der Waals surface area contributed by atoms with Crippen molar-refractivity contribution in [3.8, 4) is 5.75 Å². The number of carboxylic acid groups (broad SMARTS) is 1. The van der Waals surface area contributed by atoms with Gasteiger partial charge in [-0.05, 0) is 86.7 Å². The fourth-order valence-corrected chi connectivity index (χ4v) is 7.79. The third-order valence-corrected chi connectivity index (χ3v) is 8.92. The van der Waals surface area contributed by atoms with Crippen molar-refractivity contribution in [1.82, 2.24) is 4.90 Å². The summed E-state index contributed by atoms with van der Waals surface area (Å²) in [7, 11) is 0. The molecule has 1 atom stereocenters. The van der Waals surface area contributed by atoms with Gasteiger partial charge in [0.1, 0.15) is 17.6 Å². The van der Waals surface area contributed by atoms with Gasteiger partial charge in [-0.2, -0.15) is 0 Å². The van der Waals surface area contributed by atoms with Crippen LogP contribution in [0.5, 0.6) is 5.75 Å². The molecule has 1 aliphatic heterocycles. The van der Waals surface area contributed by atoms with Crippen molar-refractivity contribution in [3.63, 3.8) is 0 Å². The van der Waals surface area contributed by atoms with Crippen molar-refractivity contribution >= 4 is 5.97 Å². The van der Waals surface area contributed by atoms with Crippen LogP contribution in [-0.4, -0.2) is 41.1 Å². The van der Waals surface area contributed by atoms with Crippen LogP contribution in [-0.2, 0) is 11.3 Å². The Labute approximate surface area is 192 Å². The summed E-state index contributed by atoms with van der Waals surface area (Å²) >= 11 is 0. The molecule has 33 heavy (non-hydrogen) atoms. The number of rotatable bonds is 7. The van der Waals surface area contributed by atoms with Gasteiger partial charge >= 0.3 is 5.97 Å². The van der Waals surface area contributed by atoms with E-state index in [9.17, 15) is 18.7 Å². The van der Waals surface area contributed by atoms with Gasteiger partial charge in [-0.1, -0.05) is 0 Å². The first-order chi connectivity index (χ1) is 15.7. The summed E-state index contributed by atoms with van der Waals surface area (Å²) < 4.78 is 49.2. The molecule has 0 unspecified atom stereocenters. The Kier molecular flexibility index (Phi) is 5.02. The number of hydrogen-bond donors (Lipinski definition) is 1. The largest absolute Gasteiger partial charge is 0.493 e. The number of likely N-dealkylation sites (tertiary alicyclic amines) is 1. The van der Waals surface area contributed by atoms with Crippen LogP contribution in [0.15, 0.2) is 12.1 Å². The third kappa shape index (κ3) is 4.15. The fourth-order valence-electron chi connectivity index (χ4n) is 7.79. The van der Waals surface area contributed by atoms with Gasteiger partial charge in [0.2, 0.25) is 0 Å². The Morgan fingerprint density at radius 1 is 1.06 bits per heavy atom.